The number of amides is 1. The van der Waals surface area contributed by atoms with Gasteiger partial charge in [-0.25, -0.2) is 0 Å². The first-order chi connectivity index (χ1) is 14.0. The zero-order valence-corrected chi connectivity index (χ0v) is 15.4. The van der Waals surface area contributed by atoms with Gasteiger partial charge in [0.25, 0.3) is 5.69 Å². The van der Waals surface area contributed by atoms with Gasteiger partial charge in [-0.05, 0) is 11.1 Å². The van der Waals surface area contributed by atoms with E-state index in [1.807, 2.05) is 36.4 Å². The molecule has 0 radical (unpaired) electrons. The van der Waals surface area contributed by atoms with Crippen LogP contribution in [0.25, 0.3) is 11.6 Å². The van der Waals surface area contributed by atoms with Crippen molar-refractivity contribution in [1.82, 2.24) is 5.32 Å². The minimum atomic E-state index is -0.551. The van der Waals surface area contributed by atoms with Gasteiger partial charge in [0, 0.05) is 35.8 Å². The summed E-state index contributed by atoms with van der Waals surface area (Å²) in [6, 6.07) is 15.8. The maximum absolute atomic E-state index is 11.7. The number of nitriles is 1. The van der Waals surface area contributed by atoms with Crippen molar-refractivity contribution in [3.63, 3.8) is 0 Å². The summed E-state index contributed by atoms with van der Waals surface area (Å²) in [4.78, 5) is 22.5. The molecular weight excluding hydrogens is 370 g/mol. The molecule has 1 heterocycles. The SMILES string of the molecule is CC(=O)NC1=C(C#N)C(c2cccc([N+](=O)[O-])c2)=C2C=Cc3ccccc3C2O1. The summed E-state index contributed by atoms with van der Waals surface area (Å²) in [5.41, 5.74) is 3.59. The van der Waals surface area contributed by atoms with Crippen LogP contribution < -0.4 is 5.32 Å². The van der Waals surface area contributed by atoms with Gasteiger partial charge in [-0.1, -0.05) is 48.6 Å². The predicted octanol–water partition coefficient (Wildman–Crippen LogP) is 4.02. The predicted molar refractivity (Wildman–Crippen MR) is 106 cm³/mol. The number of carbonyl (C=O) groups is 1. The Balaban J connectivity index is 1.99. The molecule has 0 saturated carbocycles. The number of carbonyl (C=O) groups excluding carboxylic acids is 1. The minimum Gasteiger partial charge on any atom is -0.465 e. The second-order valence-corrected chi connectivity index (χ2v) is 6.60. The molecule has 7 nitrogen and oxygen atoms in total. The number of hydrogen-bond donors (Lipinski definition) is 1. The van der Waals surface area contributed by atoms with Crippen molar-refractivity contribution in [2.45, 2.75) is 13.0 Å². The van der Waals surface area contributed by atoms with Crippen molar-refractivity contribution in [2.75, 3.05) is 0 Å². The molecule has 4 rings (SSSR count). The van der Waals surface area contributed by atoms with E-state index >= 15 is 0 Å². The number of nitro groups is 1. The van der Waals surface area contributed by atoms with Crippen LogP contribution in [-0.2, 0) is 9.53 Å². The first kappa shape index (κ1) is 18.2. The van der Waals surface area contributed by atoms with Crippen LogP contribution in [0, 0.1) is 21.4 Å². The van der Waals surface area contributed by atoms with Crippen LogP contribution in [0.15, 0.2) is 71.6 Å². The third-order valence-electron chi connectivity index (χ3n) is 4.75. The topological polar surface area (TPSA) is 105 Å². The van der Waals surface area contributed by atoms with Crippen LogP contribution in [0.2, 0.25) is 0 Å². The molecule has 0 aromatic heterocycles. The Morgan fingerprint density at radius 3 is 2.72 bits per heavy atom. The molecule has 1 unspecified atom stereocenters. The molecule has 29 heavy (non-hydrogen) atoms. The lowest BCUT2D eigenvalue weighted by Gasteiger charge is -2.33. The Hall–Kier alpha value is -4.18. The van der Waals surface area contributed by atoms with Gasteiger partial charge in [-0.2, -0.15) is 5.26 Å². The lowest BCUT2D eigenvalue weighted by Crippen LogP contribution is -2.28. The molecule has 2 aromatic rings. The quantitative estimate of drug-likeness (QED) is 0.635. The van der Waals surface area contributed by atoms with Crippen LogP contribution in [-0.4, -0.2) is 10.8 Å². The van der Waals surface area contributed by atoms with Crippen molar-refractivity contribution in [3.8, 4) is 6.07 Å². The monoisotopic (exact) mass is 385 g/mol. The second-order valence-electron chi connectivity index (χ2n) is 6.60. The highest BCUT2D eigenvalue weighted by Gasteiger charge is 2.35. The van der Waals surface area contributed by atoms with E-state index in [0.29, 0.717) is 16.7 Å². The smallest absolute Gasteiger partial charge is 0.270 e. The van der Waals surface area contributed by atoms with Gasteiger partial charge in [-0.15, -0.1) is 0 Å². The fourth-order valence-electron chi connectivity index (χ4n) is 3.56. The molecule has 1 atom stereocenters. The van der Waals surface area contributed by atoms with Crippen LogP contribution >= 0.6 is 0 Å². The van der Waals surface area contributed by atoms with Crippen LogP contribution in [0.1, 0.15) is 29.7 Å². The van der Waals surface area contributed by atoms with E-state index in [4.69, 9.17) is 4.74 Å². The number of nitrogens with one attached hydrogen (secondary N) is 1. The summed E-state index contributed by atoms with van der Waals surface area (Å²) >= 11 is 0. The Bertz CT molecular complexity index is 1180. The highest BCUT2D eigenvalue weighted by atomic mass is 16.6. The molecule has 0 bridgehead atoms. The Morgan fingerprint density at radius 2 is 2.00 bits per heavy atom. The number of ether oxygens (including phenoxy) is 1. The summed E-state index contributed by atoms with van der Waals surface area (Å²) in [5, 5.41) is 23.7. The Kier molecular flexibility index (Phi) is 4.45. The standard InChI is InChI=1S/C22H15N3O4/c1-13(26)24-22-19(12-23)20(15-6-4-7-16(11-15)25(27)28)18-10-9-14-5-2-3-8-17(14)21(18)29-22/h2-11,21H,1H3,(H,24,26). The van der Waals surface area contributed by atoms with Gasteiger partial charge >= 0.3 is 0 Å². The fraction of sp³-hybridized carbons (Fsp3) is 0.0909. The maximum Gasteiger partial charge on any atom is 0.270 e. The fourth-order valence-corrected chi connectivity index (χ4v) is 3.56. The van der Waals surface area contributed by atoms with Crippen molar-refractivity contribution in [1.29, 1.82) is 5.26 Å². The zero-order valence-electron chi connectivity index (χ0n) is 15.4. The van der Waals surface area contributed by atoms with E-state index in [1.54, 1.807) is 12.1 Å². The molecule has 0 saturated heterocycles. The number of nitrogens with zero attached hydrogens (tertiary/aromatic N) is 2. The Labute approximate surface area is 166 Å². The second kappa shape index (κ2) is 7.09. The number of nitro benzene ring substituents is 1. The van der Waals surface area contributed by atoms with Gasteiger partial charge in [-0.3, -0.25) is 20.2 Å². The third-order valence-corrected chi connectivity index (χ3v) is 4.75. The number of hydrogen-bond acceptors (Lipinski definition) is 5. The minimum absolute atomic E-state index is 0.0420. The molecule has 2 aromatic carbocycles. The number of benzene rings is 2. The number of non-ortho nitro benzene ring substituents is 1. The average molecular weight is 385 g/mol. The first-order valence-electron chi connectivity index (χ1n) is 8.84. The van der Waals surface area contributed by atoms with Crippen LogP contribution in [0.4, 0.5) is 5.69 Å². The molecule has 1 N–H and O–H groups in total. The molecule has 1 aliphatic carbocycles. The molecule has 7 heteroatoms. The molecular formula is C22H15N3O4. The molecule has 0 spiro atoms. The van der Waals surface area contributed by atoms with Crippen molar-refractivity contribution in [3.05, 3.63) is 98.4 Å². The number of rotatable bonds is 3. The lowest BCUT2D eigenvalue weighted by atomic mass is 9.82. The van der Waals surface area contributed by atoms with E-state index in [2.05, 4.69) is 11.4 Å². The normalized spacial score (nSPS) is 17.0. The molecule has 1 amide bonds. The molecule has 0 fully saturated rings. The third kappa shape index (κ3) is 3.17. The van der Waals surface area contributed by atoms with Crippen molar-refractivity contribution >= 4 is 23.2 Å². The van der Waals surface area contributed by atoms with Crippen LogP contribution in [0.3, 0.4) is 0 Å². The number of fused-ring (bicyclic) bond motifs is 3. The van der Waals surface area contributed by atoms with Crippen molar-refractivity contribution < 1.29 is 14.5 Å². The summed E-state index contributed by atoms with van der Waals surface area (Å²) in [6.07, 6.45) is 3.22. The first-order valence-corrected chi connectivity index (χ1v) is 8.84. The van der Waals surface area contributed by atoms with Gasteiger partial charge in [0.05, 0.1) is 4.92 Å². The molecule has 1 aliphatic heterocycles. The van der Waals surface area contributed by atoms with E-state index < -0.39 is 11.0 Å². The van der Waals surface area contributed by atoms with Gasteiger partial charge < -0.3 is 4.74 Å². The number of allylic oxidation sites excluding steroid dienone is 2. The molecule has 2 aliphatic rings. The Morgan fingerprint density at radius 1 is 1.21 bits per heavy atom. The van der Waals surface area contributed by atoms with E-state index in [9.17, 15) is 20.2 Å². The van der Waals surface area contributed by atoms with Crippen LogP contribution in [0.5, 0.6) is 0 Å². The maximum atomic E-state index is 11.7. The zero-order chi connectivity index (χ0) is 20.5. The lowest BCUT2D eigenvalue weighted by molar-refractivity contribution is -0.384. The highest BCUT2D eigenvalue weighted by Crippen LogP contribution is 2.46. The van der Waals surface area contributed by atoms with E-state index in [-0.39, 0.29) is 23.1 Å². The molecule has 142 valence electrons. The summed E-state index contributed by atoms with van der Waals surface area (Å²) < 4.78 is 6.04. The highest BCUT2D eigenvalue weighted by molar-refractivity contribution is 5.91. The van der Waals surface area contributed by atoms with Crippen molar-refractivity contribution in [2.24, 2.45) is 0 Å². The van der Waals surface area contributed by atoms with E-state index in [1.165, 1.54) is 19.1 Å². The van der Waals surface area contributed by atoms with Gasteiger partial charge in [0.2, 0.25) is 11.8 Å². The largest absolute Gasteiger partial charge is 0.465 e. The summed E-state index contributed by atoms with van der Waals surface area (Å²) in [6.45, 7) is 1.33. The van der Waals surface area contributed by atoms with Gasteiger partial charge in [0.15, 0.2) is 6.10 Å². The summed E-state index contributed by atoms with van der Waals surface area (Å²) in [7, 11) is 0. The van der Waals surface area contributed by atoms with Gasteiger partial charge in [0.1, 0.15) is 11.6 Å². The average Bonchev–Trinajstić information content (AvgIpc) is 2.72. The van der Waals surface area contributed by atoms with E-state index in [0.717, 1.165) is 11.1 Å². The summed E-state index contributed by atoms with van der Waals surface area (Å²) in [5.74, 6) is -0.338.